The number of likely N-dealkylation sites (tertiary alicyclic amines) is 1. The summed E-state index contributed by atoms with van der Waals surface area (Å²) in [5.74, 6) is -0.859. The van der Waals surface area contributed by atoms with Crippen LogP contribution in [0.3, 0.4) is 0 Å². The van der Waals surface area contributed by atoms with Crippen molar-refractivity contribution < 1.29 is 14.4 Å². The molecule has 4 amide bonds. The van der Waals surface area contributed by atoms with Crippen molar-refractivity contribution in [1.82, 2.24) is 14.7 Å². The van der Waals surface area contributed by atoms with E-state index in [1.165, 1.54) is 5.56 Å². The first-order valence-corrected chi connectivity index (χ1v) is 11.2. The van der Waals surface area contributed by atoms with Crippen LogP contribution in [0.4, 0.5) is 10.5 Å². The lowest BCUT2D eigenvalue weighted by atomic mass is 10.0. The Morgan fingerprint density at radius 1 is 0.906 bits per heavy atom. The van der Waals surface area contributed by atoms with Crippen LogP contribution in [0.1, 0.15) is 29.5 Å². The highest BCUT2D eigenvalue weighted by Gasteiger charge is 2.38. The van der Waals surface area contributed by atoms with Crippen molar-refractivity contribution in [3.05, 3.63) is 65.2 Å². The first-order chi connectivity index (χ1) is 15.4. The zero-order chi connectivity index (χ0) is 22.7. The van der Waals surface area contributed by atoms with Gasteiger partial charge in [-0.05, 0) is 49.9 Å². The van der Waals surface area contributed by atoms with Crippen LogP contribution in [0.25, 0.3) is 0 Å². The van der Waals surface area contributed by atoms with Gasteiger partial charge >= 0.3 is 17.8 Å². The molecule has 0 aliphatic carbocycles. The van der Waals surface area contributed by atoms with Crippen LogP contribution >= 0.6 is 0 Å². The molecule has 0 aromatic heterocycles. The van der Waals surface area contributed by atoms with Crippen molar-refractivity contribution in [1.29, 1.82) is 0 Å². The number of nitrogens with one attached hydrogen (secondary N) is 1. The molecule has 7 nitrogen and oxygen atoms in total. The number of carbonyl (C=O) groups is 3. The number of hydrogen-bond acceptors (Lipinski definition) is 3. The standard InChI is InChI=1S/C25H30N4O3/c1-18-6-8-20(9-7-18)17-28-14-15-29(24(31)23(28)30)22-10-12-27(13-11-22)25(32)26-21-5-3-4-19(2)16-21/h3-9,16,22H,10-15,17H2,1-2H3,(H,26,32). The minimum atomic E-state index is -0.434. The summed E-state index contributed by atoms with van der Waals surface area (Å²) in [5, 5.41) is 2.94. The van der Waals surface area contributed by atoms with Gasteiger partial charge in [0, 0.05) is 44.5 Å². The Morgan fingerprint density at radius 2 is 1.62 bits per heavy atom. The Labute approximate surface area is 189 Å². The maximum atomic E-state index is 12.8. The number of nitrogens with zero attached hydrogens (tertiary/aromatic N) is 3. The highest BCUT2D eigenvalue weighted by Crippen LogP contribution is 2.21. The maximum Gasteiger partial charge on any atom is 0.321 e. The van der Waals surface area contributed by atoms with E-state index in [9.17, 15) is 14.4 Å². The third-order valence-electron chi connectivity index (χ3n) is 6.30. The molecule has 4 rings (SSSR count). The van der Waals surface area contributed by atoms with Crippen LogP contribution in [0.15, 0.2) is 48.5 Å². The molecule has 2 aliphatic heterocycles. The Kier molecular flexibility index (Phi) is 6.44. The zero-order valence-corrected chi connectivity index (χ0v) is 18.7. The van der Waals surface area contributed by atoms with Crippen molar-refractivity contribution >= 4 is 23.5 Å². The molecule has 7 heteroatoms. The maximum absolute atomic E-state index is 12.8. The van der Waals surface area contributed by atoms with E-state index in [0.29, 0.717) is 45.6 Å². The van der Waals surface area contributed by atoms with Gasteiger partial charge in [-0.1, -0.05) is 42.0 Å². The van der Waals surface area contributed by atoms with E-state index in [-0.39, 0.29) is 12.1 Å². The van der Waals surface area contributed by atoms with Gasteiger partial charge in [0.1, 0.15) is 0 Å². The second-order valence-corrected chi connectivity index (χ2v) is 8.73. The van der Waals surface area contributed by atoms with Gasteiger partial charge in [0.05, 0.1) is 0 Å². The summed E-state index contributed by atoms with van der Waals surface area (Å²) in [6.45, 7) is 6.66. The Balaban J connectivity index is 1.29. The predicted molar refractivity (Wildman–Crippen MR) is 123 cm³/mol. The quantitative estimate of drug-likeness (QED) is 0.752. The molecule has 0 saturated carbocycles. The van der Waals surface area contributed by atoms with E-state index < -0.39 is 11.8 Å². The molecule has 2 heterocycles. The second kappa shape index (κ2) is 9.42. The molecule has 2 fully saturated rings. The highest BCUT2D eigenvalue weighted by atomic mass is 16.2. The van der Waals surface area contributed by atoms with Gasteiger partial charge in [0.25, 0.3) is 0 Å². The molecule has 32 heavy (non-hydrogen) atoms. The summed E-state index contributed by atoms with van der Waals surface area (Å²) in [5.41, 5.74) is 4.06. The minimum Gasteiger partial charge on any atom is -0.330 e. The van der Waals surface area contributed by atoms with Gasteiger partial charge in [-0.15, -0.1) is 0 Å². The van der Waals surface area contributed by atoms with E-state index >= 15 is 0 Å². The number of benzene rings is 2. The Morgan fingerprint density at radius 3 is 2.31 bits per heavy atom. The molecule has 2 aromatic carbocycles. The summed E-state index contributed by atoms with van der Waals surface area (Å²) >= 11 is 0. The van der Waals surface area contributed by atoms with Crippen LogP contribution in [-0.4, -0.2) is 64.8 Å². The number of amides is 4. The number of hydrogen-bond donors (Lipinski definition) is 1. The molecule has 1 N–H and O–H groups in total. The van der Waals surface area contributed by atoms with Crippen molar-refractivity contribution in [2.75, 3.05) is 31.5 Å². The lowest BCUT2D eigenvalue weighted by molar-refractivity contribution is -0.158. The number of carbonyl (C=O) groups excluding carboxylic acids is 3. The van der Waals surface area contributed by atoms with Crippen molar-refractivity contribution in [2.24, 2.45) is 0 Å². The SMILES string of the molecule is Cc1ccc(CN2CCN(C3CCN(C(=O)Nc4cccc(C)c4)CC3)C(=O)C2=O)cc1. The van der Waals surface area contributed by atoms with Crippen LogP contribution < -0.4 is 5.32 Å². The van der Waals surface area contributed by atoms with Gasteiger partial charge in [0.2, 0.25) is 0 Å². The largest absolute Gasteiger partial charge is 0.330 e. The fraction of sp³-hybridized carbons (Fsp3) is 0.400. The monoisotopic (exact) mass is 434 g/mol. The summed E-state index contributed by atoms with van der Waals surface area (Å²) < 4.78 is 0. The third-order valence-corrected chi connectivity index (χ3v) is 6.30. The van der Waals surface area contributed by atoms with Crippen LogP contribution in [-0.2, 0) is 16.1 Å². The van der Waals surface area contributed by atoms with E-state index in [1.807, 2.05) is 62.4 Å². The summed E-state index contributed by atoms with van der Waals surface area (Å²) in [6, 6.07) is 15.6. The van der Waals surface area contributed by atoms with Crippen LogP contribution in [0.5, 0.6) is 0 Å². The predicted octanol–water partition coefficient (Wildman–Crippen LogP) is 3.17. The third kappa shape index (κ3) is 4.93. The molecular weight excluding hydrogens is 404 g/mol. The van der Waals surface area contributed by atoms with Gasteiger partial charge in [-0.3, -0.25) is 9.59 Å². The molecule has 0 spiro atoms. The van der Waals surface area contributed by atoms with Crippen LogP contribution in [0, 0.1) is 13.8 Å². The van der Waals surface area contributed by atoms with Crippen LogP contribution in [0.2, 0.25) is 0 Å². The van der Waals surface area contributed by atoms with Gasteiger partial charge < -0.3 is 20.0 Å². The second-order valence-electron chi connectivity index (χ2n) is 8.73. The first kappa shape index (κ1) is 21.9. The number of urea groups is 1. The van der Waals surface area contributed by atoms with E-state index in [2.05, 4.69) is 5.32 Å². The lowest BCUT2D eigenvalue weighted by Gasteiger charge is -2.42. The fourth-order valence-electron chi connectivity index (χ4n) is 4.41. The molecule has 168 valence electrons. The number of anilines is 1. The Hall–Kier alpha value is -3.35. The van der Waals surface area contributed by atoms with Crippen molar-refractivity contribution in [3.8, 4) is 0 Å². The molecule has 2 aliphatic rings. The average molecular weight is 435 g/mol. The van der Waals surface area contributed by atoms with Gasteiger partial charge in [-0.25, -0.2) is 4.79 Å². The average Bonchev–Trinajstić information content (AvgIpc) is 2.79. The van der Waals surface area contributed by atoms with E-state index in [1.54, 1.807) is 14.7 Å². The first-order valence-electron chi connectivity index (χ1n) is 11.2. The molecule has 0 unspecified atom stereocenters. The molecule has 0 bridgehead atoms. The summed E-state index contributed by atoms with van der Waals surface area (Å²) in [7, 11) is 0. The number of piperidine rings is 1. The van der Waals surface area contributed by atoms with Crippen molar-refractivity contribution in [2.45, 2.75) is 39.3 Å². The van der Waals surface area contributed by atoms with E-state index in [0.717, 1.165) is 16.8 Å². The number of rotatable bonds is 4. The number of piperazine rings is 1. The zero-order valence-electron chi connectivity index (χ0n) is 18.7. The lowest BCUT2D eigenvalue weighted by Crippen LogP contribution is -2.59. The molecule has 0 radical (unpaired) electrons. The fourth-order valence-corrected chi connectivity index (χ4v) is 4.41. The van der Waals surface area contributed by atoms with E-state index in [4.69, 9.17) is 0 Å². The topological polar surface area (TPSA) is 73.0 Å². The minimum absolute atomic E-state index is 0.00371. The van der Waals surface area contributed by atoms with Gasteiger partial charge in [-0.2, -0.15) is 0 Å². The summed E-state index contributed by atoms with van der Waals surface area (Å²) in [4.78, 5) is 43.2. The smallest absolute Gasteiger partial charge is 0.321 e. The van der Waals surface area contributed by atoms with Gasteiger partial charge in [0.15, 0.2) is 0 Å². The molecule has 2 saturated heterocycles. The molecular formula is C25H30N4O3. The molecule has 0 atom stereocenters. The highest BCUT2D eigenvalue weighted by molar-refractivity contribution is 6.35. The number of aryl methyl sites for hydroxylation is 2. The Bertz CT molecular complexity index is 997. The molecule has 2 aromatic rings. The normalized spacial score (nSPS) is 17.6. The summed E-state index contributed by atoms with van der Waals surface area (Å²) in [6.07, 6.45) is 1.36. The van der Waals surface area contributed by atoms with Crippen molar-refractivity contribution in [3.63, 3.8) is 0 Å².